The van der Waals surface area contributed by atoms with Gasteiger partial charge in [0.15, 0.2) is 6.10 Å². The summed E-state index contributed by atoms with van der Waals surface area (Å²) in [6.07, 6.45) is -0.853. The Morgan fingerprint density at radius 2 is 1.55 bits per heavy atom. The highest BCUT2D eigenvalue weighted by Crippen LogP contribution is 2.12. The number of benzene rings is 2. The molecule has 2 N–H and O–H groups in total. The minimum absolute atomic E-state index is 0.0855. The van der Waals surface area contributed by atoms with Crippen molar-refractivity contribution in [3.05, 3.63) is 65.7 Å². The van der Waals surface area contributed by atoms with Gasteiger partial charge in [-0.1, -0.05) is 63.2 Å². The van der Waals surface area contributed by atoms with Crippen molar-refractivity contribution in [1.29, 1.82) is 0 Å². The van der Waals surface area contributed by atoms with Crippen molar-refractivity contribution in [3.8, 4) is 0 Å². The van der Waals surface area contributed by atoms with E-state index in [1.807, 2.05) is 49.4 Å². The van der Waals surface area contributed by atoms with Crippen LogP contribution in [-0.4, -0.2) is 30.1 Å². The van der Waals surface area contributed by atoms with Crippen molar-refractivity contribution in [3.63, 3.8) is 0 Å². The van der Waals surface area contributed by atoms with Crippen molar-refractivity contribution < 1.29 is 23.9 Å². The molecular weight excluding hydrogens is 396 g/mol. The molecule has 166 valence electrons. The summed E-state index contributed by atoms with van der Waals surface area (Å²) in [5.41, 5.74) is 2.61. The van der Waals surface area contributed by atoms with E-state index in [4.69, 9.17) is 9.47 Å². The molecule has 0 aliphatic rings. The second-order valence-corrected chi connectivity index (χ2v) is 7.55. The highest BCUT2D eigenvalue weighted by Gasteiger charge is 2.29. The molecular formula is C24H30N2O5. The van der Waals surface area contributed by atoms with Gasteiger partial charge in [-0.15, -0.1) is 0 Å². The molecule has 0 spiro atoms. The number of hydrogen-bond donors (Lipinski definition) is 2. The number of nitrogens with one attached hydrogen (secondary N) is 2. The molecule has 0 radical (unpaired) electrons. The highest BCUT2D eigenvalue weighted by molar-refractivity contribution is 5.95. The second-order valence-electron chi connectivity index (χ2n) is 7.55. The zero-order chi connectivity index (χ0) is 22.8. The molecule has 0 aliphatic heterocycles. The van der Waals surface area contributed by atoms with Crippen LogP contribution in [0.3, 0.4) is 0 Å². The molecule has 7 heteroatoms. The maximum absolute atomic E-state index is 12.6. The van der Waals surface area contributed by atoms with Crippen LogP contribution in [0.5, 0.6) is 0 Å². The van der Waals surface area contributed by atoms with Crippen LogP contribution in [0.25, 0.3) is 0 Å². The Hall–Kier alpha value is -3.35. The van der Waals surface area contributed by atoms with Gasteiger partial charge in [0, 0.05) is 5.69 Å². The van der Waals surface area contributed by atoms with Crippen LogP contribution in [-0.2, 0) is 32.1 Å². The molecule has 7 nitrogen and oxygen atoms in total. The maximum atomic E-state index is 12.6. The lowest BCUT2D eigenvalue weighted by Gasteiger charge is -2.22. The van der Waals surface area contributed by atoms with E-state index >= 15 is 0 Å². The molecule has 2 rings (SSSR count). The van der Waals surface area contributed by atoms with E-state index in [0.717, 1.165) is 17.5 Å². The van der Waals surface area contributed by atoms with Crippen molar-refractivity contribution in [1.82, 2.24) is 5.32 Å². The molecule has 2 aromatic carbocycles. The highest BCUT2D eigenvalue weighted by atomic mass is 16.6. The first kappa shape index (κ1) is 23.9. The lowest BCUT2D eigenvalue weighted by Crippen LogP contribution is -2.47. The first-order valence-corrected chi connectivity index (χ1v) is 10.4. The van der Waals surface area contributed by atoms with Gasteiger partial charge in [0.2, 0.25) is 0 Å². The first-order chi connectivity index (χ1) is 14.8. The Bertz CT molecular complexity index is 865. The zero-order valence-electron chi connectivity index (χ0n) is 18.4. The average molecular weight is 427 g/mol. The lowest BCUT2D eigenvalue weighted by atomic mass is 10.1. The molecule has 0 heterocycles. The Labute approximate surface area is 183 Å². The van der Waals surface area contributed by atoms with Gasteiger partial charge in [0.1, 0.15) is 12.6 Å². The molecule has 2 amide bonds. The van der Waals surface area contributed by atoms with Gasteiger partial charge >= 0.3 is 12.1 Å². The quantitative estimate of drug-likeness (QED) is 0.590. The van der Waals surface area contributed by atoms with E-state index in [1.54, 1.807) is 26.0 Å². The topological polar surface area (TPSA) is 93.7 Å². The van der Waals surface area contributed by atoms with Crippen LogP contribution in [0.4, 0.5) is 10.5 Å². The molecule has 0 aliphatic carbocycles. The Morgan fingerprint density at radius 1 is 0.903 bits per heavy atom. The molecule has 0 bridgehead atoms. The van der Waals surface area contributed by atoms with Crippen LogP contribution >= 0.6 is 0 Å². The first-order valence-electron chi connectivity index (χ1n) is 10.4. The molecule has 0 unspecified atom stereocenters. The summed E-state index contributed by atoms with van der Waals surface area (Å²) in [5.74, 6) is -1.41. The van der Waals surface area contributed by atoms with Crippen LogP contribution in [0.2, 0.25) is 0 Å². The largest absolute Gasteiger partial charge is 0.451 e. The zero-order valence-corrected chi connectivity index (χ0v) is 18.4. The number of hydrogen-bond acceptors (Lipinski definition) is 5. The SMILES string of the molecule is CCc1ccc(NC(=O)[C@@H](C)OC(=O)[C@@H](NC(=O)OCc2ccccc2)C(C)C)cc1. The van der Waals surface area contributed by atoms with Gasteiger partial charge in [0.25, 0.3) is 5.91 Å². The number of anilines is 1. The summed E-state index contributed by atoms with van der Waals surface area (Å²) < 4.78 is 10.5. The van der Waals surface area contributed by atoms with Crippen LogP contribution in [0.1, 0.15) is 38.8 Å². The van der Waals surface area contributed by atoms with Crippen LogP contribution < -0.4 is 10.6 Å². The molecule has 0 fully saturated rings. The Morgan fingerprint density at radius 3 is 2.13 bits per heavy atom. The number of alkyl carbamates (subject to hydrolysis) is 1. The number of carbonyl (C=O) groups is 3. The fourth-order valence-electron chi connectivity index (χ4n) is 2.76. The minimum Gasteiger partial charge on any atom is -0.451 e. The van der Waals surface area contributed by atoms with Crippen molar-refractivity contribution in [2.45, 2.75) is 52.9 Å². The van der Waals surface area contributed by atoms with Crippen LogP contribution in [0, 0.1) is 5.92 Å². The molecule has 0 saturated carbocycles. The Kier molecular flexibility index (Phi) is 9.06. The molecule has 31 heavy (non-hydrogen) atoms. The lowest BCUT2D eigenvalue weighted by molar-refractivity contribution is -0.156. The monoisotopic (exact) mass is 426 g/mol. The summed E-state index contributed by atoms with van der Waals surface area (Å²) in [6, 6.07) is 15.7. The molecule has 2 aromatic rings. The smallest absolute Gasteiger partial charge is 0.408 e. The predicted molar refractivity (Wildman–Crippen MR) is 118 cm³/mol. The van der Waals surface area contributed by atoms with E-state index in [2.05, 4.69) is 10.6 Å². The number of ether oxygens (including phenoxy) is 2. The van der Waals surface area contributed by atoms with E-state index < -0.39 is 30.1 Å². The standard InChI is InChI=1S/C24H30N2O5/c1-5-18-11-13-20(14-12-18)25-22(27)17(4)31-23(28)21(16(2)3)26-24(29)30-15-19-9-7-6-8-10-19/h6-14,16-17,21H,5,15H2,1-4H3,(H,25,27)(H,26,29)/t17-,21+/m1/s1. The molecule has 0 aromatic heterocycles. The van der Waals surface area contributed by atoms with Gasteiger partial charge in [-0.25, -0.2) is 9.59 Å². The van der Waals surface area contributed by atoms with Gasteiger partial charge in [-0.2, -0.15) is 0 Å². The normalized spacial score (nSPS) is 12.5. The van der Waals surface area contributed by atoms with Crippen molar-refractivity contribution in [2.75, 3.05) is 5.32 Å². The van der Waals surface area contributed by atoms with Crippen LogP contribution in [0.15, 0.2) is 54.6 Å². The summed E-state index contributed by atoms with van der Waals surface area (Å²) >= 11 is 0. The van der Waals surface area contributed by atoms with E-state index in [-0.39, 0.29) is 12.5 Å². The second kappa shape index (κ2) is 11.7. The van der Waals surface area contributed by atoms with Crippen molar-refractivity contribution >= 4 is 23.7 Å². The minimum atomic E-state index is -1.03. The van der Waals surface area contributed by atoms with Gasteiger partial charge < -0.3 is 20.1 Å². The van der Waals surface area contributed by atoms with Gasteiger partial charge in [-0.3, -0.25) is 4.79 Å². The number of esters is 1. The third-order valence-electron chi connectivity index (χ3n) is 4.70. The summed E-state index contributed by atoms with van der Waals surface area (Å²) in [6.45, 7) is 7.15. The number of amides is 2. The fraction of sp³-hybridized carbons (Fsp3) is 0.375. The summed E-state index contributed by atoms with van der Waals surface area (Å²) in [4.78, 5) is 37.1. The summed E-state index contributed by atoms with van der Waals surface area (Å²) in [5, 5.41) is 5.24. The Balaban J connectivity index is 1.87. The number of rotatable bonds is 9. The van der Waals surface area contributed by atoms with Gasteiger partial charge in [0.05, 0.1) is 0 Å². The van der Waals surface area contributed by atoms with Crippen molar-refractivity contribution in [2.24, 2.45) is 5.92 Å². The number of carbonyl (C=O) groups excluding carboxylic acids is 3. The third-order valence-corrected chi connectivity index (χ3v) is 4.70. The average Bonchev–Trinajstić information content (AvgIpc) is 2.76. The molecule has 0 saturated heterocycles. The number of aryl methyl sites for hydroxylation is 1. The van der Waals surface area contributed by atoms with E-state index in [0.29, 0.717) is 5.69 Å². The third kappa shape index (κ3) is 7.77. The fourth-order valence-corrected chi connectivity index (χ4v) is 2.76. The molecule has 2 atom stereocenters. The maximum Gasteiger partial charge on any atom is 0.408 e. The van der Waals surface area contributed by atoms with Gasteiger partial charge in [-0.05, 0) is 42.5 Å². The summed E-state index contributed by atoms with van der Waals surface area (Å²) in [7, 11) is 0. The predicted octanol–water partition coefficient (Wildman–Crippen LogP) is 4.07. The van der Waals surface area contributed by atoms with E-state index in [9.17, 15) is 14.4 Å². The van der Waals surface area contributed by atoms with E-state index in [1.165, 1.54) is 6.92 Å².